The molecule has 3 heteroatoms. The third kappa shape index (κ3) is 2.92. The summed E-state index contributed by atoms with van der Waals surface area (Å²) in [5.74, 6) is 1.22. The summed E-state index contributed by atoms with van der Waals surface area (Å²) in [5.41, 5.74) is 0.560. The zero-order chi connectivity index (χ0) is 10.7. The molecule has 0 amide bonds. The van der Waals surface area contributed by atoms with Crippen LogP contribution in [-0.4, -0.2) is 11.1 Å². The first kappa shape index (κ1) is 11.8. The third-order valence-electron chi connectivity index (χ3n) is 3.06. The molecule has 1 aliphatic carbocycles. The second kappa shape index (κ2) is 5.11. The molecule has 2 rings (SSSR count). The lowest BCUT2D eigenvalue weighted by atomic mass is 9.72. The van der Waals surface area contributed by atoms with Gasteiger partial charge < -0.3 is 0 Å². The fraction of sp³-hybridized carbons (Fsp3) is 0.500. The first-order valence-electron chi connectivity index (χ1n) is 5.18. The molecule has 0 aromatic heterocycles. The largest absolute Gasteiger partial charge is 0.126 e. The Kier molecular flexibility index (Phi) is 4.03. The van der Waals surface area contributed by atoms with Crippen molar-refractivity contribution in [1.82, 2.24) is 0 Å². The highest BCUT2D eigenvalue weighted by atomic mass is 79.9. The van der Waals surface area contributed by atoms with Gasteiger partial charge in [0.15, 0.2) is 0 Å². The van der Waals surface area contributed by atoms with E-state index in [9.17, 15) is 0 Å². The second-order valence-electron chi connectivity index (χ2n) is 4.23. The highest BCUT2D eigenvalue weighted by Gasteiger charge is 2.35. The van der Waals surface area contributed by atoms with Gasteiger partial charge >= 0.3 is 0 Å². The van der Waals surface area contributed by atoms with E-state index >= 15 is 0 Å². The fourth-order valence-corrected chi connectivity index (χ4v) is 4.10. The number of rotatable bonds is 4. The van der Waals surface area contributed by atoms with Crippen molar-refractivity contribution in [2.24, 2.45) is 5.41 Å². The van der Waals surface area contributed by atoms with Gasteiger partial charge in [0.1, 0.15) is 0 Å². The van der Waals surface area contributed by atoms with Crippen molar-refractivity contribution in [2.45, 2.75) is 24.2 Å². The normalized spacial score (nSPS) is 18.5. The molecule has 0 heterocycles. The average molecular weight is 306 g/mol. The van der Waals surface area contributed by atoms with Crippen molar-refractivity contribution in [3.05, 3.63) is 29.3 Å². The van der Waals surface area contributed by atoms with Crippen LogP contribution in [0.25, 0.3) is 0 Å². The van der Waals surface area contributed by atoms with Gasteiger partial charge in [0.25, 0.3) is 0 Å². The van der Waals surface area contributed by atoms with Gasteiger partial charge in [-0.2, -0.15) is 0 Å². The molecule has 0 nitrogen and oxygen atoms in total. The second-order valence-corrected chi connectivity index (χ2v) is 6.28. The maximum absolute atomic E-state index is 5.85. The molecule has 0 N–H and O–H groups in total. The molecule has 82 valence electrons. The van der Waals surface area contributed by atoms with E-state index in [1.807, 2.05) is 23.9 Å². The summed E-state index contributed by atoms with van der Waals surface area (Å²) in [6.07, 6.45) is 4.14. The molecule has 1 aliphatic rings. The summed E-state index contributed by atoms with van der Waals surface area (Å²) < 4.78 is 0. The Labute approximate surface area is 109 Å². The van der Waals surface area contributed by atoms with Crippen molar-refractivity contribution in [3.8, 4) is 0 Å². The van der Waals surface area contributed by atoms with E-state index in [0.717, 1.165) is 10.4 Å². The number of hydrogen-bond donors (Lipinski definition) is 0. The van der Waals surface area contributed by atoms with Crippen molar-refractivity contribution in [2.75, 3.05) is 11.1 Å². The summed E-state index contributed by atoms with van der Waals surface area (Å²) >= 11 is 11.4. The first-order valence-corrected chi connectivity index (χ1v) is 7.67. The van der Waals surface area contributed by atoms with Crippen LogP contribution in [-0.2, 0) is 0 Å². The average Bonchev–Trinajstić information content (AvgIpc) is 2.20. The molecule has 1 saturated carbocycles. The summed E-state index contributed by atoms with van der Waals surface area (Å²) in [4.78, 5) is 1.33. The molecule has 15 heavy (non-hydrogen) atoms. The molecule has 0 unspecified atom stereocenters. The number of alkyl halides is 1. The van der Waals surface area contributed by atoms with E-state index in [0.29, 0.717) is 5.41 Å². The minimum Gasteiger partial charge on any atom is -0.126 e. The van der Waals surface area contributed by atoms with Crippen LogP contribution in [0.4, 0.5) is 0 Å². The Morgan fingerprint density at radius 3 is 2.40 bits per heavy atom. The molecule has 0 aliphatic heterocycles. The zero-order valence-electron chi connectivity index (χ0n) is 8.51. The Morgan fingerprint density at radius 1 is 1.27 bits per heavy atom. The van der Waals surface area contributed by atoms with Crippen LogP contribution >= 0.6 is 39.3 Å². The Balaban J connectivity index is 1.90. The van der Waals surface area contributed by atoms with Crippen molar-refractivity contribution >= 4 is 39.3 Å². The molecular weight excluding hydrogens is 292 g/mol. The Bertz CT molecular complexity index is 313. The van der Waals surface area contributed by atoms with Crippen molar-refractivity contribution in [1.29, 1.82) is 0 Å². The fourth-order valence-electron chi connectivity index (χ4n) is 1.76. The third-order valence-corrected chi connectivity index (χ3v) is 5.86. The highest BCUT2D eigenvalue weighted by molar-refractivity contribution is 9.09. The van der Waals surface area contributed by atoms with Gasteiger partial charge in [-0.1, -0.05) is 34.0 Å². The van der Waals surface area contributed by atoms with E-state index < -0.39 is 0 Å². The lowest BCUT2D eigenvalue weighted by Gasteiger charge is -2.40. The predicted molar refractivity (Wildman–Crippen MR) is 72.3 cm³/mol. The number of halogens is 2. The van der Waals surface area contributed by atoms with Gasteiger partial charge in [-0.25, -0.2) is 0 Å². The SMILES string of the molecule is Clc1ccc(SCC2(CBr)CCC2)cc1. The van der Waals surface area contributed by atoms with E-state index in [1.165, 1.54) is 29.9 Å². The van der Waals surface area contributed by atoms with Gasteiger partial charge in [-0.3, -0.25) is 0 Å². The van der Waals surface area contributed by atoms with Crippen LogP contribution in [0.2, 0.25) is 5.02 Å². The first-order chi connectivity index (χ1) is 7.24. The Morgan fingerprint density at radius 2 is 1.93 bits per heavy atom. The zero-order valence-corrected chi connectivity index (χ0v) is 11.7. The van der Waals surface area contributed by atoms with Crippen molar-refractivity contribution < 1.29 is 0 Å². The van der Waals surface area contributed by atoms with Crippen LogP contribution in [0.1, 0.15) is 19.3 Å². The minimum atomic E-state index is 0.560. The molecule has 0 atom stereocenters. The van der Waals surface area contributed by atoms with Crippen LogP contribution < -0.4 is 0 Å². The van der Waals surface area contributed by atoms with Gasteiger partial charge in [-0.15, -0.1) is 11.8 Å². The van der Waals surface area contributed by atoms with Crippen LogP contribution in [0.5, 0.6) is 0 Å². The molecule has 0 saturated heterocycles. The van der Waals surface area contributed by atoms with E-state index in [1.54, 1.807) is 0 Å². The smallest absolute Gasteiger partial charge is 0.0406 e. The summed E-state index contributed by atoms with van der Waals surface area (Å²) in [5, 5.41) is 1.96. The molecular formula is C12H14BrClS. The number of benzene rings is 1. The lowest BCUT2D eigenvalue weighted by Crippen LogP contribution is -2.33. The quantitative estimate of drug-likeness (QED) is 0.557. The molecule has 0 spiro atoms. The van der Waals surface area contributed by atoms with E-state index in [2.05, 4.69) is 28.1 Å². The molecule has 1 aromatic rings. The predicted octanol–water partition coefficient (Wildman–Crippen LogP) is 5.00. The summed E-state index contributed by atoms with van der Waals surface area (Å²) in [6, 6.07) is 8.14. The van der Waals surface area contributed by atoms with E-state index in [-0.39, 0.29) is 0 Å². The van der Waals surface area contributed by atoms with Gasteiger partial charge in [-0.05, 0) is 42.5 Å². The van der Waals surface area contributed by atoms with E-state index in [4.69, 9.17) is 11.6 Å². The van der Waals surface area contributed by atoms with Crippen LogP contribution in [0.3, 0.4) is 0 Å². The number of thioether (sulfide) groups is 1. The molecule has 1 aromatic carbocycles. The Hall–Kier alpha value is 0.340. The highest BCUT2D eigenvalue weighted by Crippen LogP contribution is 2.45. The van der Waals surface area contributed by atoms with Crippen LogP contribution in [0.15, 0.2) is 29.2 Å². The minimum absolute atomic E-state index is 0.560. The maximum atomic E-state index is 5.85. The van der Waals surface area contributed by atoms with Crippen molar-refractivity contribution in [3.63, 3.8) is 0 Å². The molecule has 0 bridgehead atoms. The monoisotopic (exact) mass is 304 g/mol. The van der Waals surface area contributed by atoms with Gasteiger partial charge in [0, 0.05) is 21.0 Å². The summed E-state index contributed by atoms with van der Waals surface area (Å²) in [7, 11) is 0. The van der Waals surface area contributed by atoms with Gasteiger partial charge in [0.05, 0.1) is 0 Å². The summed E-state index contributed by atoms with van der Waals surface area (Å²) in [6.45, 7) is 0. The topological polar surface area (TPSA) is 0 Å². The number of hydrogen-bond acceptors (Lipinski definition) is 1. The maximum Gasteiger partial charge on any atom is 0.0406 e. The van der Waals surface area contributed by atoms with Crippen LogP contribution in [0, 0.1) is 5.41 Å². The lowest BCUT2D eigenvalue weighted by molar-refractivity contribution is 0.206. The molecule has 0 radical (unpaired) electrons. The molecule has 1 fully saturated rings. The standard InChI is InChI=1S/C12H14BrClS/c13-8-12(6-1-7-12)9-15-11-4-2-10(14)3-5-11/h2-5H,1,6-9H2. The van der Waals surface area contributed by atoms with Gasteiger partial charge in [0.2, 0.25) is 0 Å².